The van der Waals surface area contributed by atoms with Gasteiger partial charge >= 0.3 is 0 Å². The highest BCUT2D eigenvalue weighted by atomic mass is 16.5. The molecule has 0 aromatic carbocycles. The molecule has 2 heterocycles. The molecule has 7 heteroatoms. The first kappa shape index (κ1) is 17.5. The monoisotopic (exact) mass is 320 g/mol. The van der Waals surface area contributed by atoms with Crippen LogP contribution in [0.3, 0.4) is 0 Å². The van der Waals surface area contributed by atoms with Crippen LogP contribution in [0.25, 0.3) is 0 Å². The zero-order valence-electron chi connectivity index (χ0n) is 14.2. The molecule has 1 aliphatic rings. The Kier molecular flexibility index (Phi) is 7.59. The van der Waals surface area contributed by atoms with Gasteiger partial charge in [0.2, 0.25) is 5.95 Å². The second-order valence-corrected chi connectivity index (χ2v) is 5.46. The summed E-state index contributed by atoms with van der Waals surface area (Å²) in [5, 5.41) is 3.37. The number of anilines is 1. The van der Waals surface area contributed by atoms with E-state index in [1.54, 1.807) is 12.4 Å². The summed E-state index contributed by atoms with van der Waals surface area (Å²) in [5.74, 6) is 1.75. The van der Waals surface area contributed by atoms with Gasteiger partial charge in [-0.05, 0) is 12.5 Å². The summed E-state index contributed by atoms with van der Waals surface area (Å²) in [4.78, 5) is 17.5. The van der Waals surface area contributed by atoms with Crippen molar-refractivity contribution in [1.29, 1.82) is 0 Å². The Morgan fingerprint density at radius 1 is 1.22 bits per heavy atom. The van der Waals surface area contributed by atoms with Crippen LogP contribution in [0, 0.1) is 0 Å². The third kappa shape index (κ3) is 5.67. The third-order valence-electron chi connectivity index (χ3n) is 3.80. The first-order valence-corrected chi connectivity index (χ1v) is 8.40. The average Bonchev–Trinajstić information content (AvgIpc) is 2.62. The number of hydrogen-bond acceptors (Lipinski definition) is 5. The van der Waals surface area contributed by atoms with E-state index < -0.39 is 0 Å². The Labute approximate surface area is 138 Å². The molecule has 1 aromatic rings. The molecule has 1 aromatic heterocycles. The fourth-order valence-corrected chi connectivity index (χ4v) is 2.49. The fourth-order valence-electron chi connectivity index (χ4n) is 2.49. The molecule has 128 valence electrons. The van der Waals surface area contributed by atoms with Gasteiger partial charge in [-0.2, -0.15) is 0 Å². The van der Waals surface area contributed by atoms with Crippen molar-refractivity contribution >= 4 is 11.9 Å². The van der Waals surface area contributed by atoms with Crippen molar-refractivity contribution in [1.82, 2.24) is 20.2 Å². The van der Waals surface area contributed by atoms with Gasteiger partial charge in [0.15, 0.2) is 5.96 Å². The van der Waals surface area contributed by atoms with Crippen molar-refractivity contribution < 1.29 is 4.74 Å². The molecule has 1 N–H and O–H groups in total. The number of hydrogen-bond donors (Lipinski definition) is 1. The van der Waals surface area contributed by atoms with E-state index in [1.165, 1.54) is 6.42 Å². The molecule has 0 bridgehead atoms. The lowest BCUT2D eigenvalue weighted by Crippen LogP contribution is -2.53. The lowest BCUT2D eigenvalue weighted by atomic mass is 10.3. The Bertz CT molecular complexity index is 459. The van der Waals surface area contributed by atoms with Gasteiger partial charge in [0.1, 0.15) is 0 Å². The van der Waals surface area contributed by atoms with Crippen molar-refractivity contribution in [2.45, 2.75) is 19.8 Å². The Morgan fingerprint density at radius 2 is 1.96 bits per heavy atom. The average molecular weight is 320 g/mol. The molecule has 23 heavy (non-hydrogen) atoms. The topological polar surface area (TPSA) is 65.9 Å². The smallest absolute Gasteiger partial charge is 0.225 e. The maximum atomic E-state index is 5.57. The molecular weight excluding hydrogens is 292 g/mol. The summed E-state index contributed by atoms with van der Waals surface area (Å²) < 4.78 is 5.57. The molecule has 0 aliphatic carbocycles. The van der Waals surface area contributed by atoms with Gasteiger partial charge in [-0.25, -0.2) is 9.97 Å². The number of nitrogens with one attached hydrogen (secondary N) is 1. The van der Waals surface area contributed by atoms with Crippen LogP contribution in [0.2, 0.25) is 0 Å². The predicted octanol–water partition coefficient (Wildman–Crippen LogP) is 0.991. The number of guanidine groups is 1. The van der Waals surface area contributed by atoms with Gasteiger partial charge in [-0.3, -0.25) is 4.99 Å². The Hall–Kier alpha value is -1.89. The van der Waals surface area contributed by atoms with E-state index in [1.807, 2.05) is 13.1 Å². The van der Waals surface area contributed by atoms with Crippen molar-refractivity contribution in [2.75, 3.05) is 57.9 Å². The maximum absolute atomic E-state index is 5.57. The predicted molar refractivity (Wildman–Crippen MR) is 92.9 cm³/mol. The van der Waals surface area contributed by atoms with Crippen molar-refractivity contribution in [3.63, 3.8) is 0 Å². The van der Waals surface area contributed by atoms with E-state index in [0.29, 0.717) is 0 Å². The van der Waals surface area contributed by atoms with Crippen LogP contribution < -0.4 is 10.2 Å². The molecule has 0 radical (unpaired) electrons. The largest absolute Gasteiger partial charge is 0.380 e. The standard InChI is InChI=1S/C16H28N6O/c1-3-4-13-23-14-8-20-15(17-2)21-9-11-22(12-10-21)16-18-6-5-7-19-16/h5-7H,3-4,8-14H2,1-2H3,(H,17,20). The van der Waals surface area contributed by atoms with Crippen molar-refractivity contribution in [3.05, 3.63) is 18.5 Å². The van der Waals surface area contributed by atoms with Gasteiger partial charge in [-0.15, -0.1) is 0 Å². The summed E-state index contributed by atoms with van der Waals surface area (Å²) in [7, 11) is 1.83. The quantitative estimate of drug-likeness (QED) is 0.459. The summed E-state index contributed by atoms with van der Waals surface area (Å²) in [5.41, 5.74) is 0. The van der Waals surface area contributed by atoms with Gasteiger partial charge in [0, 0.05) is 58.8 Å². The molecule has 0 saturated carbocycles. The maximum Gasteiger partial charge on any atom is 0.225 e. The highest BCUT2D eigenvalue weighted by molar-refractivity contribution is 5.80. The van der Waals surface area contributed by atoms with E-state index in [-0.39, 0.29) is 0 Å². The van der Waals surface area contributed by atoms with Gasteiger partial charge < -0.3 is 19.9 Å². The van der Waals surface area contributed by atoms with E-state index in [4.69, 9.17) is 4.74 Å². The zero-order chi connectivity index (χ0) is 16.3. The third-order valence-corrected chi connectivity index (χ3v) is 3.80. The molecule has 0 atom stereocenters. The van der Waals surface area contributed by atoms with E-state index in [9.17, 15) is 0 Å². The fraction of sp³-hybridized carbons (Fsp3) is 0.688. The number of aliphatic imine (C=N–C) groups is 1. The number of ether oxygens (including phenoxy) is 1. The lowest BCUT2D eigenvalue weighted by molar-refractivity contribution is 0.135. The van der Waals surface area contributed by atoms with Crippen molar-refractivity contribution in [2.24, 2.45) is 4.99 Å². The molecule has 7 nitrogen and oxygen atoms in total. The highest BCUT2D eigenvalue weighted by Crippen LogP contribution is 2.09. The molecule has 1 saturated heterocycles. The molecule has 1 aliphatic heterocycles. The van der Waals surface area contributed by atoms with Crippen LogP contribution in [-0.2, 0) is 4.74 Å². The van der Waals surface area contributed by atoms with Gasteiger partial charge in [0.05, 0.1) is 6.61 Å². The van der Waals surface area contributed by atoms with Gasteiger partial charge in [0.25, 0.3) is 0 Å². The SMILES string of the molecule is CCCCOCCNC(=NC)N1CCN(c2ncccn2)CC1. The van der Waals surface area contributed by atoms with Crippen LogP contribution in [0.1, 0.15) is 19.8 Å². The van der Waals surface area contributed by atoms with Crippen LogP contribution in [0.4, 0.5) is 5.95 Å². The first-order chi connectivity index (χ1) is 11.3. The minimum absolute atomic E-state index is 0.719. The number of rotatable bonds is 7. The van der Waals surface area contributed by atoms with E-state index in [0.717, 1.165) is 64.3 Å². The summed E-state index contributed by atoms with van der Waals surface area (Å²) in [6, 6.07) is 1.84. The Balaban J connectivity index is 1.70. The number of nitrogens with zero attached hydrogens (tertiary/aromatic N) is 5. The molecule has 0 amide bonds. The van der Waals surface area contributed by atoms with Crippen LogP contribution in [-0.4, -0.2) is 73.8 Å². The second-order valence-electron chi connectivity index (χ2n) is 5.46. The highest BCUT2D eigenvalue weighted by Gasteiger charge is 2.20. The van der Waals surface area contributed by atoms with Crippen LogP contribution >= 0.6 is 0 Å². The molecule has 0 spiro atoms. The molecule has 0 unspecified atom stereocenters. The van der Waals surface area contributed by atoms with E-state index >= 15 is 0 Å². The molecule has 1 fully saturated rings. The summed E-state index contributed by atoms with van der Waals surface area (Å²) in [6.45, 7) is 8.14. The molecular formula is C16H28N6O. The Morgan fingerprint density at radius 3 is 2.61 bits per heavy atom. The number of unbranched alkanes of at least 4 members (excludes halogenated alkanes) is 1. The number of piperazine rings is 1. The zero-order valence-corrected chi connectivity index (χ0v) is 14.2. The van der Waals surface area contributed by atoms with Gasteiger partial charge in [-0.1, -0.05) is 13.3 Å². The van der Waals surface area contributed by atoms with Crippen LogP contribution in [0.5, 0.6) is 0 Å². The first-order valence-electron chi connectivity index (χ1n) is 8.40. The minimum atomic E-state index is 0.719. The minimum Gasteiger partial charge on any atom is -0.380 e. The molecule has 2 rings (SSSR count). The van der Waals surface area contributed by atoms with Crippen molar-refractivity contribution in [3.8, 4) is 0 Å². The van der Waals surface area contributed by atoms with E-state index in [2.05, 4.69) is 37.0 Å². The normalized spacial score (nSPS) is 15.8. The number of aromatic nitrogens is 2. The summed E-state index contributed by atoms with van der Waals surface area (Å²) >= 11 is 0. The summed E-state index contributed by atoms with van der Waals surface area (Å²) in [6.07, 6.45) is 5.87. The lowest BCUT2D eigenvalue weighted by Gasteiger charge is -2.36. The second kappa shape index (κ2) is 9.99. The van der Waals surface area contributed by atoms with Crippen LogP contribution in [0.15, 0.2) is 23.5 Å².